The molecule has 5 heterocycles. The Morgan fingerprint density at radius 3 is 2.83 bits per heavy atom. The number of benzene rings is 1. The molecule has 1 aromatic carbocycles. The smallest absolute Gasteiger partial charge is 0.319 e. The van der Waals surface area contributed by atoms with Crippen LogP contribution in [0.15, 0.2) is 37.2 Å². The van der Waals surface area contributed by atoms with Gasteiger partial charge in [0.1, 0.15) is 28.8 Å². The van der Waals surface area contributed by atoms with E-state index in [0.717, 1.165) is 19.4 Å². The number of nitrogens with one attached hydrogen (secondary N) is 1. The van der Waals surface area contributed by atoms with E-state index in [9.17, 15) is 9.18 Å². The number of halogens is 2. The second kappa shape index (κ2) is 10.9. The third kappa shape index (κ3) is 4.88. The second-order valence-corrected chi connectivity index (χ2v) is 10.3. The van der Waals surface area contributed by atoms with Crippen LogP contribution in [0.3, 0.4) is 0 Å². The van der Waals surface area contributed by atoms with Crippen LogP contribution in [0, 0.1) is 5.82 Å². The van der Waals surface area contributed by atoms with E-state index >= 15 is 0 Å². The molecule has 1 N–H and O–H groups in total. The molecule has 1 atom stereocenters. The van der Waals surface area contributed by atoms with Crippen LogP contribution in [0.1, 0.15) is 12.8 Å². The summed E-state index contributed by atoms with van der Waals surface area (Å²) in [5, 5.41) is 7.71. The second-order valence-electron chi connectivity index (χ2n) is 9.88. The first-order valence-corrected chi connectivity index (χ1v) is 13.5. The van der Waals surface area contributed by atoms with Crippen molar-refractivity contribution in [1.82, 2.24) is 34.9 Å². The molecular formula is C27H28ClFN8O3. The third-order valence-corrected chi connectivity index (χ3v) is 7.83. The van der Waals surface area contributed by atoms with Crippen molar-refractivity contribution in [3.63, 3.8) is 0 Å². The summed E-state index contributed by atoms with van der Waals surface area (Å²) in [6.07, 6.45) is 6.56. The van der Waals surface area contributed by atoms with Crippen LogP contribution >= 0.6 is 11.6 Å². The number of piperazine rings is 1. The minimum Gasteiger partial charge on any atom is -0.462 e. The summed E-state index contributed by atoms with van der Waals surface area (Å²) < 4.78 is 26.9. The van der Waals surface area contributed by atoms with Gasteiger partial charge in [-0.3, -0.25) is 9.89 Å². The number of H-pyrrole nitrogens is 1. The van der Waals surface area contributed by atoms with Crippen LogP contribution in [-0.2, 0) is 4.79 Å². The predicted molar refractivity (Wildman–Crippen MR) is 149 cm³/mol. The Labute approximate surface area is 234 Å². The third-order valence-electron chi connectivity index (χ3n) is 7.47. The van der Waals surface area contributed by atoms with Crippen molar-refractivity contribution in [1.29, 1.82) is 0 Å². The lowest BCUT2D eigenvalue weighted by atomic mass is 10.2. The first kappa shape index (κ1) is 26.2. The van der Waals surface area contributed by atoms with Gasteiger partial charge < -0.3 is 24.2 Å². The molecule has 208 valence electrons. The zero-order chi connectivity index (χ0) is 27.8. The van der Waals surface area contributed by atoms with E-state index in [4.69, 9.17) is 26.1 Å². The van der Waals surface area contributed by atoms with E-state index in [1.807, 2.05) is 0 Å². The normalized spacial score (nSPS) is 18.0. The molecule has 13 heteroatoms. The van der Waals surface area contributed by atoms with Crippen molar-refractivity contribution in [3.8, 4) is 17.6 Å². The topological polar surface area (TPSA) is 113 Å². The first-order chi connectivity index (χ1) is 19.4. The van der Waals surface area contributed by atoms with Crippen LogP contribution in [0.25, 0.3) is 21.8 Å². The minimum atomic E-state index is -0.652. The Morgan fingerprint density at radius 1 is 1.25 bits per heavy atom. The van der Waals surface area contributed by atoms with Crippen molar-refractivity contribution in [2.45, 2.75) is 18.9 Å². The van der Waals surface area contributed by atoms with Crippen molar-refractivity contribution < 1.29 is 18.7 Å². The number of amides is 1. The molecule has 2 saturated heterocycles. The number of anilines is 1. The lowest BCUT2D eigenvalue weighted by Gasteiger charge is -2.35. The van der Waals surface area contributed by atoms with Crippen molar-refractivity contribution >= 4 is 45.1 Å². The quantitative estimate of drug-likeness (QED) is 0.334. The van der Waals surface area contributed by atoms with Gasteiger partial charge in [-0.1, -0.05) is 18.2 Å². The lowest BCUT2D eigenvalue weighted by Crippen LogP contribution is -2.48. The van der Waals surface area contributed by atoms with Gasteiger partial charge in [0.2, 0.25) is 11.8 Å². The van der Waals surface area contributed by atoms with E-state index in [-0.39, 0.29) is 34.6 Å². The maximum atomic E-state index is 14.6. The van der Waals surface area contributed by atoms with Crippen LogP contribution < -0.4 is 14.4 Å². The van der Waals surface area contributed by atoms with Crippen LogP contribution in [0.5, 0.6) is 17.6 Å². The molecule has 0 radical (unpaired) electrons. The van der Waals surface area contributed by atoms with Gasteiger partial charge in [-0.05, 0) is 38.6 Å². The molecule has 2 aliphatic heterocycles. The van der Waals surface area contributed by atoms with Gasteiger partial charge in [-0.25, -0.2) is 9.37 Å². The standard InChI is InChI=1S/C27H28ClFN8O3/c1-3-21(38)36-9-11-37(12-10-36)25-17-6-7-30-26(40-24-18-14-31-34-20(18)13-19(29)22(24)28)23(17)32-27(33-25)39-15-16-5-4-8-35(16)2/h3,6-7,13-14,16H,1,4-5,8-12,15H2,2H3,(H,31,34)/t16-/m1/s1. The Hall–Kier alpha value is -4.03. The molecule has 4 aromatic rings. The number of rotatable bonds is 7. The monoisotopic (exact) mass is 566 g/mol. The number of nitrogens with zero attached hydrogens (tertiary/aromatic N) is 7. The summed E-state index contributed by atoms with van der Waals surface area (Å²) in [5.74, 6) is 0.0862. The highest BCUT2D eigenvalue weighted by Gasteiger charge is 2.26. The zero-order valence-corrected chi connectivity index (χ0v) is 22.7. The van der Waals surface area contributed by atoms with Gasteiger partial charge in [-0.2, -0.15) is 15.1 Å². The number of aromatic nitrogens is 5. The summed E-state index contributed by atoms with van der Waals surface area (Å²) in [6, 6.07) is 3.51. The Balaban J connectivity index is 1.40. The summed E-state index contributed by atoms with van der Waals surface area (Å²) in [6.45, 7) is 7.19. The number of ether oxygens (including phenoxy) is 2. The number of carbonyl (C=O) groups is 1. The van der Waals surface area contributed by atoms with Crippen LogP contribution in [-0.4, -0.2) is 93.3 Å². The highest BCUT2D eigenvalue weighted by atomic mass is 35.5. The van der Waals surface area contributed by atoms with E-state index < -0.39 is 5.82 Å². The first-order valence-electron chi connectivity index (χ1n) is 13.1. The molecule has 40 heavy (non-hydrogen) atoms. The molecule has 0 spiro atoms. The number of hydrogen-bond acceptors (Lipinski definition) is 9. The van der Waals surface area contributed by atoms with E-state index in [1.54, 1.807) is 17.2 Å². The maximum Gasteiger partial charge on any atom is 0.319 e. The van der Waals surface area contributed by atoms with Gasteiger partial charge in [0.15, 0.2) is 5.75 Å². The fourth-order valence-corrected chi connectivity index (χ4v) is 5.40. The number of aromatic amines is 1. The molecule has 6 rings (SSSR count). The number of pyridine rings is 1. The molecule has 2 fully saturated rings. The van der Waals surface area contributed by atoms with Crippen molar-refractivity contribution in [2.75, 3.05) is 51.3 Å². The zero-order valence-electron chi connectivity index (χ0n) is 21.9. The summed E-state index contributed by atoms with van der Waals surface area (Å²) >= 11 is 6.32. The predicted octanol–water partition coefficient (Wildman–Crippen LogP) is 3.79. The average molecular weight is 567 g/mol. The van der Waals surface area contributed by atoms with Crippen molar-refractivity contribution in [2.24, 2.45) is 0 Å². The van der Waals surface area contributed by atoms with Gasteiger partial charge in [-0.15, -0.1) is 0 Å². The molecule has 1 amide bonds. The maximum absolute atomic E-state index is 14.6. The Bertz CT molecular complexity index is 1590. The molecule has 0 bridgehead atoms. The highest BCUT2D eigenvalue weighted by molar-refractivity contribution is 6.33. The number of fused-ring (bicyclic) bond motifs is 2. The van der Waals surface area contributed by atoms with Crippen molar-refractivity contribution in [3.05, 3.63) is 48.0 Å². The molecule has 0 aliphatic carbocycles. The molecule has 0 saturated carbocycles. The van der Waals surface area contributed by atoms with Gasteiger partial charge in [0.25, 0.3) is 0 Å². The number of hydrogen-bond donors (Lipinski definition) is 1. The molecule has 2 aliphatic rings. The summed E-state index contributed by atoms with van der Waals surface area (Å²) in [4.78, 5) is 32.1. The van der Waals surface area contributed by atoms with E-state index in [0.29, 0.717) is 60.4 Å². The number of likely N-dealkylation sites (tertiary alicyclic amines) is 1. The van der Waals surface area contributed by atoms with Gasteiger partial charge in [0, 0.05) is 44.5 Å². The number of likely N-dealkylation sites (N-methyl/N-ethyl adjacent to an activating group) is 1. The van der Waals surface area contributed by atoms with E-state index in [1.165, 1.54) is 18.3 Å². The Kier molecular flexibility index (Phi) is 7.11. The fourth-order valence-electron chi connectivity index (χ4n) is 5.20. The Morgan fingerprint density at radius 2 is 2.08 bits per heavy atom. The number of carbonyl (C=O) groups excluding carboxylic acids is 1. The summed E-state index contributed by atoms with van der Waals surface area (Å²) in [7, 11) is 2.08. The molecule has 0 unspecified atom stereocenters. The van der Waals surface area contributed by atoms with Gasteiger partial charge >= 0.3 is 6.01 Å². The highest BCUT2D eigenvalue weighted by Crippen LogP contribution is 2.40. The average Bonchev–Trinajstić information content (AvgIpc) is 3.62. The van der Waals surface area contributed by atoms with E-state index in [2.05, 4.69) is 43.6 Å². The van der Waals surface area contributed by atoms with Crippen LogP contribution in [0.2, 0.25) is 5.02 Å². The SMILES string of the molecule is C=CC(=O)N1CCN(c2nc(OC[C@H]3CCCN3C)nc3c(Oc4c(Cl)c(F)cc5[nH]ncc45)nccc23)CC1. The minimum absolute atomic E-state index is 0.0807. The lowest BCUT2D eigenvalue weighted by molar-refractivity contribution is -0.126. The largest absolute Gasteiger partial charge is 0.462 e. The molecule has 11 nitrogen and oxygen atoms in total. The molecular weight excluding hydrogens is 539 g/mol. The van der Waals surface area contributed by atoms with Crippen LogP contribution in [0.4, 0.5) is 10.2 Å². The molecule has 3 aromatic heterocycles. The fraction of sp³-hybridized carbons (Fsp3) is 0.370. The summed E-state index contributed by atoms with van der Waals surface area (Å²) in [5.41, 5.74) is 0.827. The van der Waals surface area contributed by atoms with Gasteiger partial charge in [0.05, 0.1) is 22.5 Å².